The van der Waals surface area contributed by atoms with Gasteiger partial charge in [-0.1, -0.05) is 6.58 Å². The first kappa shape index (κ1) is 15.2. The molecule has 1 unspecified atom stereocenters. The average Bonchev–Trinajstić information content (AvgIpc) is 2.42. The van der Waals surface area contributed by atoms with E-state index in [9.17, 15) is 9.90 Å². The lowest BCUT2D eigenvalue weighted by Crippen LogP contribution is -2.29. The number of hydrogen-bond acceptors (Lipinski definition) is 5. The van der Waals surface area contributed by atoms with Crippen LogP contribution in [0.2, 0.25) is 0 Å². The zero-order valence-corrected chi connectivity index (χ0v) is 10.9. The van der Waals surface area contributed by atoms with Gasteiger partial charge in [-0.15, -0.1) is 5.73 Å². The van der Waals surface area contributed by atoms with Gasteiger partial charge >= 0.3 is 5.69 Å². The van der Waals surface area contributed by atoms with Gasteiger partial charge in [0.25, 0.3) is 0 Å². The normalized spacial score (nSPS) is 11.7. The Morgan fingerprint density at radius 3 is 2.84 bits per heavy atom. The van der Waals surface area contributed by atoms with E-state index in [1.807, 2.05) is 0 Å². The zero-order chi connectivity index (χ0) is 14.3. The van der Waals surface area contributed by atoms with Gasteiger partial charge in [-0.25, -0.2) is 4.79 Å². The molecule has 104 valence electrons. The first-order chi connectivity index (χ1) is 9.15. The van der Waals surface area contributed by atoms with E-state index < -0.39 is 11.7 Å². The van der Waals surface area contributed by atoms with Crippen molar-refractivity contribution in [1.82, 2.24) is 9.55 Å². The predicted octanol–water partition coefficient (Wildman–Crippen LogP) is 0.269. The summed E-state index contributed by atoms with van der Waals surface area (Å²) in [6.45, 7) is 5.21. The van der Waals surface area contributed by atoms with Gasteiger partial charge < -0.3 is 14.9 Å². The predicted molar refractivity (Wildman–Crippen MR) is 70.1 cm³/mol. The molecule has 0 aliphatic heterocycles. The molecule has 0 aromatic carbocycles. The summed E-state index contributed by atoms with van der Waals surface area (Å²) in [6, 6.07) is 1.05. The van der Waals surface area contributed by atoms with Crippen LogP contribution in [0.1, 0.15) is 19.4 Å². The molecule has 0 amide bonds. The third-order valence-electron chi connectivity index (χ3n) is 2.62. The molecule has 19 heavy (non-hydrogen) atoms. The van der Waals surface area contributed by atoms with Crippen LogP contribution >= 0.6 is 0 Å². The molecule has 1 atom stereocenters. The molecule has 0 spiro atoms. The van der Waals surface area contributed by atoms with Crippen molar-refractivity contribution >= 4 is 0 Å². The third kappa shape index (κ3) is 4.06. The minimum absolute atomic E-state index is 0.209. The fraction of sp³-hybridized carbons (Fsp3) is 0.462. The van der Waals surface area contributed by atoms with Crippen molar-refractivity contribution in [2.75, 3.05) is 19.8 Å². The number of rotatable bonds is 7. The van der Waals surface area contributed by atoms with Crippen molar-refractivity contribution in [3.63, 3.8) is 0 Å². The van der Waals surface area contributed by atoms with Crippen LogP contribution in [0, 0.1) is 0 Å². The molecule has 1 aromatic heterocycles. The molecule has 6 nitrogen and oxygen atoms in total. The van der Waals surface area contributed by atoms with E-state index in [0.717, 1.165) is 0 Å². The summed E-state index contributed by atoms with van der Waals surface area (Å²) >= 11 is 0. The Kier molecular flexibility index (Phi) is 6.02. The van der Waals surface area contributed by atoms with Crippen LogP contribution in [0.15, 0.2) is 34.9 Å². The first-order valence-electron chi connectivity index (χ1n) is 5.97. The van der Waals surface area contributed by atoms with Crippen LogP contribution in [0.4, 0.5) is 0 Å². The average molecular weight is 266 g/mol. The molecule has 0 radical (unpaired) electrons. The van der Waals surface area contributed by atoms with Gasteiger partial charge in [-0.05, 0) is 12.5 Å². The van der Waals surface area contributed by atoms with Crippen LogP contribution < -0.4 is 10.4 Å². The van der Waals surface area contributed by atoms with Crippen LogP contribution in [-0.2, 0) is 0 Å². The number of ether oxygens (including phenoxy) is 1. The lowest BCUT2D eigenvalue weighted by atomic mass is 10.1. The SMILES string of the molecule is C=C=C(CO)CC(CO)n1ccc(OCC)nc1=O. The second-order valence-electron chi connectivity index (χ2n) is 3.87. The van der Waals surface area contributed by atoms with Gasteiger partial charge in [-0.3, -0.25) is 4.57 Å². The Morgan fingerprint density at radius 2 is 2.37 bits per heavy atom. The highest BCUT2D eigenvalue weighted by molar-refractivity contribution is 5.08. The Morgan fingerprint density at radius 1 is 1.63 bits per heavy atom. The number of nitrogens with zero attached hydrogens (tertiary/aromatic N) is 2. The minimum atomic E-state index is -0.508. The number of aliphatic hydroxyl groups is 2. The highest BCUT2D eigenvalue weighted by atomic mass is 16.5. The molecule has 0 aliphatic carbocycles. The zero-order valence-electron chi connectivity index (χ0n) is 10.9. The topological polar surface area (TPSA) is 84.6 Å². The van der Waals surface area contributed by atoms with E-state index in [4.69, 9.17) is 9.84 Å². The fourth-order valence-electron chi connectivity index (χ4n) is 1.63. The maximum absolute atomic E-state index is 11.8. The van der Waals surface area contributed by atoms with E-state index in [-0.39, 0.29) is 25.5 Å². The van der Waals surface area contributed by atoms with Gasteiger partial charge in [0, 0.05) is 18.7 Å². The van der Waals surface area contributed by atoms with Crippen molar-refractivity contribution in [2.45, 2.75) is 19.4 Å². The van der Waals surface area contributed by atoms with Crippen molar-refractivity contribution in [2.24, 2.45) is 0 Å². The number of hydrogen-bond donors (Lipinski definition) is 2. The molecule has 0 fully saturated rings. The number of aromatic nitrogens is 2. The summed E-state index contributed by atoms with van der Waals surface area (Å²) in [5, 5.41) is 18.4. The standard InChI is InChI=1S/C13H18N2O4/c1-3-10(8-16)7-11(9-17)15-6-5-12(19-4-2)14-13(15)18/h5-6,11,16-17H,1,4,7-9H2,2H3. The third-order valence-corrected chi connectivity index (χ3v) is 2.62. The van der Waals surface area contributed by atoms with Crippen molar-refractivity contribution in [1.29, 1.82) is 0 Å². The summed E-state index contributed by atoms with van der Waals surface area (Å²) in [6.07, 6.45) is 1.80. The molecule has 1 rings (SSSR count). The second-order valence-corrected chi connectivity index (χ2v) is 3.87. The summed E-state index contributed by atoms with van der Waals surface area (Å²) in [4.78, 5) is 15.6. The van der Waals surface area contributed by atoms with Gasteiger partial charge in [0.05, 0.1) is 25.9 Å². The Labute approximate surface area is 111 Å². The quantitative estimate of drug-likeness (QED) is 0.692. The lowest BCUT2D eigenvalue weighted by Gasteiger charge is -2.17. The molecule has 0 saturated carbocycles. The molecular weight excluding hydrogens is 248 g/mol. The maximum Gasteiger partial charge on any atom is 0.351 e. The van der Waals surface area contributed by atoms with Gasteiger partial charge in [0.15, 0.2) is 0 Å². The Bertz CT molecular complexity index is 518. The van der Waals surface area contributed by atoms with Crippen LogP contribution in [-0.4, -0.2) is 39.6 Å². The lowest BCUT2D eigenvalue weighted by molar-refractivity contribution is 0.216. The summed E-state index contributed by atoms with van der Waals surface area (Å²) in [5.41, 5.74) is 2.60. The smallest absolute Gasteiger partial charge is 0.351 e. The second kappa shape index (κ2) is 7.53. The molecular formula is C13H18N2O4. The highest BCUT2D eigenvalue weighted by Gasteiger charge is 2.14. The number of aliphatic hydroxyl groups excluding tert-OH is 2. The van der Waals surface area contributed by atoms with Crippen molar-refractivity contribution in [3.8, 4) is 5.88 Å². The van der Waals surface area contributed by atoms with E-state index >= 15 is 0 Å². The fourth-order valence-corrected chi connectivity index (χ4v) is 1.63. The van der Waals surface area contributed by atoms with E-state index in [2.05, 4.69) is 17.3 Å². The van der Waals surface area contributed by atoms with E-state index in [1.54, 1.807) is 13.0 Å². The largest absolute Gasteiger partial charge is 0.478 e. The Balaban J connectivity index is 2.99. The summed E-state index contributed by atoms with van der Waals surface area (Å²) in [5.74, 6) is 0.252. The molecule has 0 saturated heterocycles. The Hall–Kier alpha value is -1.88. The molecule has 1 aromatic rings. The minimum Gasteiger partial charge on any atom is -0.478 e. The van der Waals surface area contributed by atoms with Crippen LogP contribution in [0.5, 0.6) is 5.88 Å². The van der Waals surface area contributed by atoms with Crippen LogP contribution in [0.3, 0.4) is 0 Å². The molecule has 0 aliphatic rings. The molecule has 2 N–H and O–H groups in total. The van der Waals surface area contributed by atoms with Gasteiger partial charge in [-0.2, -0.15) is 4.98 Å². The first-order valence-corrected chi connectivity index (χ1v) is 5.97. The summed E-state index contributed by atoms with van der Waals surface area (Å²) < 4.78 is 6.43. The highest BCUT2D eigenvalue weighted by Crippen LogP contribution is 2.15. The van der Waals surface area contributed by atoms with Crippen molar-refractivity contribution in [3.05, 3.63) is 40.6 Å². The van der Waals surface area contributed by atoms with E-state index in [0.29, 0.717) is 12.2 Å². The van der Waals surface area contributed by atoms with Crippen molar-refractivity contribution < 1.29 is 14.9 Å². The monoisotopic (exact) mass is 266 g/mol. The molecule has 0 bridgehead atoms. The molecule has 6 heteroatoms. The maximum atomic E-state index is 11.8. The van der Waals surface area contributed by atoms with Gasteiger partial charge in [0.2, 0.25) is 5.88 Å². The summed E-state index contributed by atoms with van der Waals surface area (Å²) in [7, 11) is 0. The van der Waals surface area contributed by atoms with E-state index in [1.165, 1.54) is 10.8 Å². The van der Waals surface area contributed by atoms with Gasteiger partial charge in [0.1, 0.15) is 0 Å². The molecule has 1 heterocycles. The van der Waals surface area contributed by atoms with Crippen LogP contribution in [0.25, 0.3) is 0 Å².